The standard InChI is InChI=1S/C21H25FN6O3/c1-13(14(2)29)28-17(23-19-18(28)20(30)24-21(31)25(19)3)12-26-8-10-27(11-9-26)16-6-4-15(22)5-7-16/h4-7,13H,8-12H2,1-3H3,(H,24,30,31)/t13-/m1/s1. The molecule has 0 aliphatic carbocycles. The van der Waals surface area contributed by atoms with Crippen molar-refractivity contribution in [3.05, 3.63) is 56.7 Å². The van der Waals surface area contributed by atoms with Gasteiger partial charge in [-0.1, -0.05) is 0 Å². The van der Waals surface area contributed by atoms with E-state index in [1.165, 1.54) is 23.6 Å². The van der Waals surface area contributed by atoms with Gasteiger partial charge < -0.3 is 9.47 Å². The lowest BCUT2D eigenvalue weighted by Gasteiger charge is -2.36. The van der Waals surface area contributed by atoms with Crippen molar-refractivity contribution in [3.63, 3.8) is 0 Å². The molecule has 0 saturated carbocycles. The molecule has 31 heavy (non-hydrogen) atoms. The first-order chi connectivity index (χ1) is 14.8. The number of benzene rings is 1. The van der Waals surface area contributed by atoms with E-state index in [1.807, 2.05) is 0 Å². The summed E-state index contributed by atoms with van der Waals surface area (Å²) < 4.78 is 16.1. The van der Waals surface area contributed by atoms with E-state index in [-0.39, 0.29) is 22.8 Å². The number of piperazine rings is 1. The first-order valence-corrected chi connectivity index (χ1v) is 10.2. The molecule has 9 nitrogen and oxygen atoms in total. The van der Waals surface area contributed by atoms with E-state index in [0.29, 0.717) is 12.4 Å². The van der Waals surface area contributed by atoms with Gasteiger partial charge in [0.05, 0.1) is 12.6 Å². The van der Waals surface area contributed by atoms with Crippen LogP contribution in [0.3, 0.4) is 0 Å². The smallest absolute Gasteiger partial charge is 0.329 e. The molecule has 1 fully saturated rings. The lowest BCUT2D eigenvalue weighted by Crippen LogP contribution is -2.46. The summed E-state index contributed by atoms with van der Waals surface area (Å²) in [5.74, 6) is 0.208. The van der Waals surface area contributed by atoms with Crippen molar-refractivity contribution in [2.75, 3.05) is 31.1 Å². The number of hydrogen-bond acceptors (Lipinski definition) is 6. The lowest BCUT2D eigenvalue weighted by molar-refractivity contribution is -0.119. The van der Waals surface area contributed by atoms with Gasteiger partial charge in [0, 0.05) is 38.9 Å². The number of anilines is 1. The third-order valence-corrected chi connectivity index (χ3v) is 5.93. The molecule has 1 aliphatic rings. The van der Waals surface area contributed by atoms with Gasteiger partial charge in [-0.3, -0.25) is 24.0 Å². The molecule has 3 aromatic rings. The highest BCUT2D eigenvalue weighted by Gasteiger charge is 2.26. The van der Waals surface area contributed by atoms with Crippen molar-refractivity contribution in [2.45, 2.75) is 26.4 Å². The third-order valence-electron chi connectivity index (χ3n) is 5.93. The van der Waals surface area contributed by atoms with E-state index in [9.17, 15) is 18.8 Å². The highest BCUT2D eigenvalue weighted by Crippen LogP contribution is 2.21. The summed E-state index contributed by atoms with van der Waals surface area (Å²) >= 11 is 0. The summed E-state index contributed by atoms with van der Waals surface area (Å²) in [6, 6.07) is 5.86. The number of carbonyl (C=O) groups is 1. The van der Waals surface area contributed by atoms with Crippen LogP contribution in [0, 0.1) is 5.82 Å². The van der Waals surface area contributed by atoms with Crippen molar-refractivity contribution in [1.82, 2.24) is 24.0 Å². The van der Waals surface area contributed by atoms with Gasteiger partial charge in [0.15, 0.2) is 16.9 Å². The van der Waals surface area contributed by atoms with Gasteiger partial charge >= 0.3 is 5.69 Å². The molecule has 10 heteroatoms. The van der Waals surface area contributed by atoms with E-state index in [1.54, 1.807) is 30.7 Å². The number of ketones is 1. The number of aromatic amines is 1. The number of nitrogens with one attached hydrogen (secondary N) is 1. The van der Waals surface area contributed by atoms with Gasteiger partial charge in [0.25, 0.3) is 5.56 Å². The summed E-state index contributed by atoms with van der Waals surface area (Å²) in [6.45, 7) is 6.63. The van der Waals surface area contributed by atoms with Crippen LogP contribution < -0.4 is 16.1 Å². The Balaban J connectivity index is 1.62. The van der Waals surface area contributed by atoms with Crippen LogP contribution in [0.15, 0.2) is 33.9 Å². The van der Waals surface area contributed by atoms with Crippen LogP contribution >= 0.6 is 0 Å². The number of imidazole rings is 1. The molecule has 0 unspecified atom stereocenters. The molecular formula is C21H25FN6O3. The predicted octanol–water partition coefficient (Wildman–Crippen LogP) is 1.03. The topological polar surface area (TPSA) is 96.2 Å². The monoisotopic (exact) mass is 428 g/mol. The molecule has 0 amide bonds. The maximum Gasteiger partial charge on any atom is 0.329 e. The van der Waals surface area contributed by atoms with Gasteiger partial charge in [-0.25, -0.2) is 14.2 Å². The molecule has 0 radical (unpaired) electrons. The molecule has 1 atom stereocenters. The minimum atomic E-state index is -0.584. The SMILES string of the molecule is CC(=O)[C@@H](C)n1c(CN2CCN(c3ccc(F)cc3)CC2)nc2c1c(=O)[nH]c(=O)n2C. The average Bonchev–Trinajstić information content (AvgIpc) is 3.12. The van der Waals surface area contributed by atoms with Crippen LogP contribution in [-0.4, -0.2) is 56.0 Å². The van der Waals surface area contributed by atoms with Gasteiger partial charge in [-0.15, -0.1) is 0 Å². The van der Waals surface area contributed by atoms with Crippen molar-refractivity contribution in [2.24, 2.45) is 7.05 Å². The number of halogens is 1. The zero-order valence-electron chi connectivity index (χ0n) is 17.8. The second kappa shape index (κ2) is 8.10. The zero-order chi connectivity index (χ0) is 22.3. The van der Waals surface area contributed by atoms with Crippen molar-refractivity contribution in [1.29, 1.82) is 0 Å². The summed E-state index contributed by atoms with van der Waals surface area (Å²) in [5.41, 5.74) is 0.370. The van der Waals surface area contributed by atoms with Crippen molar-refractivity contribution >= 4 is 22.6 Å². The molecule has 1 aliphatic heterocycles. The van der Waals surface area contributed by atoms with E-state index in [2.05, 4.69) is 19.8 Å². The fraction of sp³-hybridized carbons (Fsp3) is 0.429. The predicted molar refractivity (Wildman–Crippen MR) is 115 cm³/mol. The number of hydrogen-bond donors (Lipinski definition) is 1. The Hall–Kier alpha value is -3.27. The Morgan fingerprint density at radius 1 is 1.16 bits per heavy atom. The Labute approximate surface area is 177 Å². The van der Waals surface area contributed by atoms with Crippen molar-refractivity contribution in [3.8, 4) is 0 Å². The minimum absolute atomic E-state index is 0.102. The van der Waals surface area contributed by atoms with Gasteiger partial charge in [0.2, 0.25) is 0 Å². The molecule has 3 heterocycles. The van der Waals surface area contributed by atoms with Gasteiger partial charge in [-0.2, -0.15) is 0 Å². The molecule has 2 aromatic heterocycles. The first-order valence-electron chi connectivity index (χ1n) is 10.2. The average molecular weight is 428 g/mol. The number of carbonyl (C=O) groups excluding carboxylic acids is 1. The fourth-order valence-electron chi connectivity index (χ4n) is 3.97. The van der Waals surface area contributed by atoms with Gasteiger partial charge in [-0.05, 0) is 38.1 Å². The quantitative estimate of drug-likeness (QED) is 0.652. The maximum absolute atomic E-state index is 13.2. The second-order valence-corrected chi connectivity index (χ2v) is 7.91. The number of rotatable bonds is 5. The summed E-state index contributed by atoms with van der Waals surface area (Å²) in [4.78, 5) is 47.9. The maximum atomic E-state index is 13.2. The highest BCUT2D eigenvalue weighted by molar-refractivity contribution is 5.82. The number of nitrogens with zero attached hydrogens (tertiary/aromatic N) is 5. The summed E-state index contributed by atoms with van der Waals surface area (Å²) in [5, 5.41) is 0. The molecule has 164 valence electrons. The molecule has 0 spiro atoms. The fourth-order valence-corrected chi connectivity index (χ4v) is 3.97. The number of Topliss-reactive ketones (excluding diaryl/α,β-unsaturated/α-hetero) is 1. The number of fused-ring (bicyclic) bond motifs is 1. The lowest BCUT2D eigenvalue weighted by atomic mass is 10.2. The Morgan fingerprint density at radius 2 is 1.81 bits per heavy atom. The second-order valence-electron chi connectivity index (χ2n) is 7.91. The first kappa shape index (κ1) is 21.0. The van der Waals surface area contributed by atoms with Crippen LogP contribution in [0.5, 0.6) is 0 Å². The molecule has 4 rings (SSSR count). The minimum Gasteiger partial charge on any atom is -0.369 e. The molecule has 0 bridgehead atoms. The largest absolute Gasteiger partial charge is 0.369 e. The van der Waals surface area contributed by atoms with Crippen molar-refractivity contribution < 1.29 is 9.18 Å². The Morgan fingerprint density at radius 3 is 2.42 bits per heavy atom. The zero-order valence-corrected chi connectivity index (χ0v) is 17.8. The van der Waals surface area contributed by atoms with Crippen LogP contribution in [0.1, 0.15) is 25.7 Å². The van der Waals surface area contributed by atoms with E-state index < -0.39 is 17.3 Å². The normalized spacial score (nSPS) is 16.1. The summed E-state index contributed by atoms with van der Waals surface area (Å²) in [6.07, 6.45) is 0. The number of aryl methyl sites for hydroxylation is 1. The van der Waals surface area contributed by atoms with Crippen LogP contribution in [0.2, 0.25) is 0 Å². The van der Waals surface area contributed by atoms with E-state index in [0.717, 1.165) is 31.9 Å². The molecule has 1 N–H and O–H groups in total. The Bertz CT molecular complexity index is 1230. The Kier molecular flexibility index (Phi) is 5.48. The molecule has 1 saturated heterocycles. The van der Waals surface area contributed by atoms with Crippen LogP contribution in [0.4, 0.5) is 10.1 Å². The molecular weight excluding hydrogens is 403 g/mol. The van der Waals surface area contributed by atoms with Crippen LogP contribution in [-0.2, 0) is 18.4 Å². The summed E-state index contributed by atoms with van der Waals surface area (Å²) in [7, 11) is 1.54. The number of aromatic nitrogens is 4. The molecule has 1 aromatic carbocycles. The van der Waals surface area contributed by atoms with E-state index in [4.69, 9.17) is 0 Å². The van der Waals surface area contributed by atoms with E-state index >= 15 is 0 Å². The van der Waals surface area contributed by atoms with Crippen LogP contribution in [0.25, 0.3) is 11.2 Å². The third kappa shape index (κ3) is 3.90. The van der Waals surface area contributed by atoms with Gasteiger partial charge in [0.1, 0.15) is 11.6 Å². The number of H-pyrrole nitrogens is 1. The highest BCUT2D eigenvalue weighted by atomic mass is 19.1.